The van der Waals surface area contributed by atoms with Gasteiger partial charge in [0, 0.05) is 11.4 Å². The van der Waals surface area contributed by atoms with Gasteiger partial charge in [-0.3, -0.25) is 4.79 Å². The van der Waals surface area contributed by atoms with Gasteiger partial charge in [-0.1, -0.05) is 29.6 Å². The number of carbonyl (C=O) groups excluding carboxylic acids is 1. The van der Waals surface area contributed by atoms with Crippen LogP contribution >= 0.6 is 23.2 Å². The van der Waals surface area contributed by atoms with E-state index in [4.69, 9.17) is 37.4 Å². The molecule has 0 aromatic heterocycles. The van der Waals surface area contributed by atoms with Crippen LogP contribution in [0.4, 0.5) is 0 Å². The Morgan fingerprint density at radius 3 is 2.79 bits per heavy atom. The van der Waals surface area contributed by atoms with E-state index < -0.39 is 11.9 Å². The molecule has 2 aliphatic rings. The molecule has 1 N–H and O–H groups in total. The molecular formula is C17H21Cl2NO4. The van der Waals surface area contributed by atoms with E-state index in [1.54, 1.807) is 25.1 Å². The van der Waals surface area contributed by atoms with Gasteiger partial charge in [-0.05, 0) is 38.0 Å². The molecule has 1 saturated heterocycles. The maximum atomic E-state index is 12.5. The number of hydrogen-bond acceptors (Lipinski definition) is 4. The number of ether oxygens (including phenoxy) is 3. The summed E-state index contributed by atoms with van der Waals surface area (Å²) in [4.78, 5) is 12.5. The summed E-state index contributed by atoms with van der Waals surface area (Å²) in [6.07, 6.45) is 3.02. The highest BCUT2D eigenvalue weighted by Gasteiger charge is 2.47. The molecule has 7 heteroatoms. The number of rotatable bonds is 4. The van der Waals surface area contributed by atoms with Crippen LogP contribution in [0.5, 0.6) is 5.75 Å². The van der Waals surface area contributed by atoms with Gasteiger partial charge in [-0.15, -0.1) is 0 Å². The first-order chi connectivity index (χ1) is 11.5. The van der Waals surface area contributed by atoms with Gasteiger partial charge in [0.2, 0.25) is 0 Å². The normalized spacial score (nSPS) is 23.9. The highest BCUT2D eigenvalue weighted by atomic mass is 35.5. The van der Waals surface area contributed by atoms with Crippen molar-refractivity contribution in [1.29, 1.82) is 0 Å². The first kappa shape index (κ1) is 17.8. The van der Waals surface area contributed by atoms with Gasteiger partial charge >= 0.3 is 0 Å². The summed E-state index contributed by atoms with van der Waals surface area (Å²) in [5.74, 6) is -0.465. The Labute approximate surface area is 151 Å². The molecule has 1 spiro atoms. The Balaban J connectivity index is 1.63. The average Bonchev–Trinajstić information content (AvgIpc) is 3.01. The molecule has 1 aliphatic heterocycles. The topological polar surface area (TPSA) is 56.8 Å². The predicted octanol–water partition coefficient (Wildman–Crippen LogP) is 3.56. The number of amides is 1. The van der Waals surface area contributed by atoms with Crippen molar-refractivity contribution in [2.45, 2.75) is 50.5 Å². The fourth-order valence-electron chi connectivity index (χ4n) is 3.22. The smallest absolute Gasteiger partial charge is 0.261 e. The zero-order valence-corrected chi connectivity index (χ0v) is 15.0. The number of nitrogens with one attached hydrogen (secondary N) is 1. The summed E-state index contributed by atoms with van der Waals surface area (Å²) in [7, 11) is 0. The Kier molecular flexibility index (Phi) is 5.55. The quantitative estimate of drug-likeness (QED) is 0.876. The molecule has 3 rings (SSSR count). The minimum Gasteiger partial charge on any atom is -0.479 e. The summed E-state index contributed by atoms with van der Waals surface area (Å²) in [6, 6.07) is 4.75. The lowest BCUT2D eigenvalue weighted by atomic mass is 9.89. The average molecular weight is 374 g/mol. The Morgan fingerprint density at radius 1 is 1.33 bits per heavy atom. The summed E-state index contributed by atoms with van der Waals surface area (Å²) in [6.45, 7) is 2.82. The first-order valence-corrected chi connectivity index (χ1v) is 8.96. The van der Waals surface area contributed by atoms with E-state index in [-0.39, 0.29) is 11.9 Å². The summed E-state index contributed by atoms with van der Waals surface area (Å²) in [5, 5.41) is 3.91. The Morgan fingerprint density at radius 2 is 2.08 bits per heavy atom. The minimum absolute atomic E-state index is 0.159. The van der Waals surface area contributed by atoms with Crippen LogP contribution in [0.25, 0.3) is 0 Å². The van der Waals surface area contributed by atoms with Crippen LogP contribution in [-0.2, 0) is 14.3 Å². The van der Waals surface area contributed by atoms with Gasteiger partial charge in [0.15, 0.2) is 11.9 Å². The molecule has 1 amide bonds. The summed E-state index contributed by atoms with van der Waals surface area (Å²) in [5.41, 5.74) is 0. The van der Waals surface area contributed by atoms with E-state index in [1.165, 1.54) is 0 Å². The molecule has 24 heavy (non-hydrogen) atoms. The third-order valence-electron chi connectivity index (χ3n) is 4.46. The lowest BCUT2D eigenvalue weighted by molar-refractivity contribution is -0.197. The van der Waals surface area contributed by atoms with E-state index in [1.807, 2.05) is 0 Å². The number of hydrogen-bond donors (Lipinski definition) is 1. The predicted molar refractivity (Wildman–Crippen MR) is 91.6 cm³/mol. The van der Waals surface area contributed by atoms with Crippen LogP contribution in [-0.4, -0.2) is 37.1 Å². The van der Waals surface area contributed by atoms with Crippen molar-refractivity contribution in [3.05, 3.63) is 28.2 Å². The lowest BCUT2D eigenvalue weighted by Crippen LogP contribution is -2.57. The maximum absolute atomic E-state index is 12.5. The van der Waals surface area contributed by atoms with Crippen molar-refractivity contribution in [2.24, 2.45) is 0 Å². The van der Waals surface area contributed by atoms with Crippen LogP contribution < -0.4 is 10.1 Å². The van der Waals surface area contributed by atoms with E-state index >= 15 is 0 Å². The fourth-order valence-corrected chi connectivity index (χ4v) is 3.67. The van der Waals surface area contributed by atoms with Crippen molar-refractivity contribution in [3.8, 4) is 5.75 Å². The van der Waals surface area contributed by atoms with Gasteiger partial charge in [0.05, 0.1) is 24.3 Å². The van der Waals surface area contributed by atoms with Gasteiger partial charge in [0.1, 0.15) is 5.75 Å². The molecule has 1 aliphatic carbocycles. The monoisotopic (exact) mass is 373 g/mol. The van der Waals surface area contributed by atoms with Crippen LogP contribution in [0.15, 0.2) is 18.2 Å². The minimum atomic E-state index is -0.691. The first-order valence-electron chi connectivity index (χ1n) is 8.20. The third-order valence-corrected chi connectivity index (χ3v) is 4.99. The highest BCUT2D eigenvalue weighted by molar-refractivity contribution is 6.35. The van der Waals surface area contributed by atoms with Gasteiger partial charge in [-0.2, -0.15) is 0 Å². The molecule has 1 aromatic carbocycles. The van der Waals surface area contributed by atoms with Gasteiger partial charge in [0.25, 0.3) is 5.91 Å². The molecule has 2 fully saturated rings. The van der Waals surface area contributed by atoms with Crippen LogP contribution in [0.1, 0.15) is 32.6 Å². The number of halogens is 2. The second kappa shape index (κ2) is 7.48. The van der Waals surface area contributed by atoms with Crippen LogP contribution in [0.3, 0.4) is 0 Å². The number of carbonyl (C=O) groups is 1. The largest absolute Gasteiger partial charge is 0.479 e. The molecule has 1 saturated carbocycles. The molecule has 0 radical (unpaired) electrons. The third kappa shape index (κ3) is 3.80. The molecule has 0 unspecified atom stereocenters. The SMILES string of the molecule is C[C@H](Oc1ccc(Cl)cc1Cl)C(=O)N[C@H]1CCCCC12OCCO2. The zero-order valence-electron chi connectivity index (χ0n) is 13.5. The van der Waals surface area contributed by atoms with E-state index in [9.17, 15) is 4.79 Å². The fraction of sp³-hybridized carbons (Fsp3) is 0.588. The second-order valence-electron chi connectivity index (χ2n) is 6.15. The van der Waals surface area contributed by atoms with Gasteiger partial charge < -0.3 is 19.5 Å². The number of benzene rings is 1. The second-order valence-corrected chi connectivity index (χ2v) is 6.99. The molecule has 1 aromatic rings. The Hall–Kier alpha value is -1.01. The molecular weight excluding hydrogens is 353 g/mol. The summed E-state index contributed by atoms with van der Waals surface area (Å²) >= 11 is 12.0. The molecule has 1 heterocycles. The highest BCUT2D eigenvalue weighted by Crippen LogP contribution is 2.36. The van der Waals surface area contributed by atoms with Crippen LogP contribution in [0, 0.1) is 0 Å². The van der Waals surface area contributed by atoms with E-state index in [0.717, 1.165) is 25.7 Å². The van der Waals surface area contributed by atoms with Gasteiger partial charge in [-0.25, -0.2) is 0 Å². The van der Waals surface area contributed by atoms with Crippen molar-refractivity contribution in [1.82, 2.24) is 5.32 Å². The lowest BCUT2D eigenvalue weighted by Gasteiger charge is -2.39. The van der Waals surface area contributed by atoms with Crippen molar-refractivity contribution >= 4 is 29.1 Å². The van der Waals surface area contributed by atoms with E-state index in [0.29, 0.717) is 29.0 Å². The van der Waals surface area contributed by atoms with Crippen molar-refractivity contribution in [3.63, 3.8) is 0 Å². The van der Waals surface area contributed by atoms with E-state index in [2.05, 4.69) is 5.32 Å². The molecule has 0 bridgehead atoms. The molecule has 5 nitrogen and oxygen atoms in total. The maximum Gasteiger partial charge on any atom is 0.261 e. The van der Waals surface area contributed by atoms with Crippen LogP contribution in [0.2, 0.25) is 10.0 Å². The zero-order chi connectivity index (χ0) is 17.2. The van der Waals surface area contributed by atoms with Crippen molar-refractivity contribution in [2.75, 3.05) is 13.2 Å². The molecule has 2 atom stereocenters. The molecule has 132 valence electrons. The standard InChI is InChI=1S/C17H21Cl2NO4/c1-11(24-14-6-5-12(18)10-13(14)19)16(21)20-15-4-2-3-7-17(15)22-8-9-23-17/h5-6,10-11,15H,2-4,7-9H2,1H3,(H,20,21)/t11-,15-/m0/s1. The van der Waals surface area contributed by atoms with Crippen molar-refractivity contribution < 1.29 is 19.0 Å². The summed E-state index contributed by atoms with van der Waals surface area (Å²) < 4.78 is 17.3. The Bertz CT molecular complexity index is 604.